The van der Waals surface area contributed by atoms with Gasteiger partial charge in [-0.05, 0) is 25.0 Å². The summed E-state index contributed by atoms with van der Waals surface area (Å²) in [6.45, 7) is 1.38. The van der Waals surface area contributed by atoms with Crippen molar-refractivity contribution in [1.29, 1.82) is 0 Å². The molecule has 5 heteroatoms. The minimum absolute atomic E-state index is 0.0289. The van der Waals surface area contributed by atoms with Gasteiger partial charge in [-0.2, -0.15) is 0 Å². The Balaban J connectivity index is 1.69. The molecule has 0 aromatic heterocycles. The minimum Gasteiger partial charge on any atom is -0.507 e. The Kier molecular flexibility index (Phi) is 4.90. The normalized spacial score (nSPS) is 18.8. The van der Waals surface area contributed by atoms with E-state index < -0.39 is 0 Å². The summed E-state index contributed by atoms with van der Waals surface area (Å²) in [6.07, 6.45) is 2.27. The van der Waals surface area contributed by atoms with Gasteiger partial charge in [-0.1, -0.05) is 12.1 Å². The first-order valence-electron chi connectivity index (χ1n) is 6.05. The van der Waals surface area contributed by atoms with Crippen molar-refractivity contribution >= 4 is 17.7 Å². The predicted molar refractivity (Wildman–Crippen MR) is 70.8 cm³/mol. The quantitative estimate of drug-likeness (QED) is 0.798. The van der Waals surface area contributed by atoms with Crippen LogP contribution in [0.25, 0.3) is 0 Å². The third-order valence-corrected chi connectivity index (χ3v) is 3.84. The fraction of sp³-hybridized carbons (Fsp3) is 0.462. The van der Waals surface area contributed by atoms with Crippen molar-refractivity contribution in [2.24, 2.45) is 0 Å². The lowest BCUT2D eigenvalue weighted by Gasteiger charge is -2.10. The van der Waals surface area contributed by atoms with Gasteiger partial charge in [0.05, 0.1) is 11.9 Å². The van der Waals surface area contributed by atoms with Gasteiger partial charge in [-0.25, -0.2) is 0 Å². The first-order chi connectivity index (χ1) is 8.75. The molecule has 1 amide bonds. The van der Waals surface area contributed by atoms with Crippen LogP contribution < -0.4 is 5.32 Å². The lowest BCUT2D eigenvalue weighted by Crippen LogP contribution is -2.32. The lowest BCUT2D eigenvalue weighted by molar-refractivity contribution is -0.119. The molecule has 1 aromatic rings. The van der Waals surface area contributed by atoms with Crippen molar-refractivity contribution < 1.29 is 14.6 Å². The van der Waals surface area contributed by atoms with Crippen LogP contribution in [0.15, 0.2) is 29.2 Å². The molecule has 2 rings (SSSR count). The van der Waals surface area contributed by atoms with E-state index in [1.165, 1.54) is 11.8 Å². The number of carbonyl (C=O) groups is 1. The number of ether oxygens (including phenoxy) is 1. The number of hydrogen-bond acceptors (Lipinski definition) is 4. The average Bonchev–Trinajstić information content (AvgIpc) is 2.88. The monoisotopic (exact) mass is 267 g/mol. The van der Waals surface area contributed by atoms with Gasteiger partial charge in [0.15, 0.2) is 0 Å². The highest BCUT2D eigenvalue weighted by atomic mass is 32.2. The maximum atomic E-state index is 11.6. The Hall–Kier alpha value is -1.20. The zero-order valence-corrected chi connectivity index (χ0v) is 10.9. The van der Waals surface area contributed by atoms with Gasteiger partial charge in [-0.15, -0.1) is 11.8 Å². The van der Waals surface area contributed by atoms with Gasteiger partial charge in [0.25, 0.3) is 0 Å². The van der Waals surface area contributed by atoms with Gasteiger partial charge in [0, 0.05) is 18.0 Å². The second kappa shape index (κ2) is 6.66. The van der Waals surface area contributed by atoms with Crippen molar-refractivity contribution in [1.82, 2.24) is 5.32 Å². The van der Waals surface area contributed by atoms with Gasteiger partial charge in [0.2, 0.25) is 5.91 Å². The summed E-state index contributed by atoms with van der Waals surface area (Å²) in [5, 5.41) is 12.4. The van der Waals surface area contributed by atoms with Crippen molar-refractivity contribution in [3.8, 4) is 5.75 Å². The molecule has 0 saturated carbocycles. The Morgan fingerprint density at radius 3 is 3.06 bits per heavy atom. The molecule has 1 aliphatic heterocycles. The highest BCUT2D eigenvalue weighted by Crippen LogP contribution is 2.27. The fourth-order valence-electron chi connectivity index (χ4n) is 1.81. The minimum atomic E-state index is -0.0289. The molecule has 0 aliphatic carbocycles. The predicted octanol–water partition coefficient (Wildman–Crippen LogP) is 1.78. The Labute approximate surface area is 111 Å². The van der Waals surface area contributed by atoms with Crippen LogP contribution in [0.3, 0.4) is 0 Å². The molecular weight excluding hydrogens is 250 g/mol. The maximum absolute atomic E-state index is 11.6. The third-order valence-electron chi connectivity index (χ3n) is 2.77. The maximum Gasteiger partial charge on any atom is 0.230 e. The number of nitrogens with one attached hydrogen (secondary N) is 1. The van der Waals surface area contributed by atoms with E-state index in [4.69, 9.17) is 4.74 Å². The van der Waals surface area contributed by atoms with Crippen LogP contribution in [-0.4, -0.2) is 36.0 Å². The van der Waals surface area contributed by atoms with Crippen LogP contribution in [0.4, 0.5) is 0 Å². The van der Waals surface area contributed by atoms with Crippen molar-refractivity contribution in [2.45, 2.75) is 23.8 Å². The molecule has 1 saturated heterocycles. The molecule has 1 aromatic carbocycles. The number of phenolic OH excluding ortho intramolecular Hbond substituents is 1. The van der Waals surface area contributed by atoms with E-state index in [0.717, 1.165) is 24.3 Å². The van der Waals surface area contributed by atoms with Crippen LogP contribution in [0.1, 0.15) is 12.8 Å². The average molecular weight is 267 g/mol. The number of hydrogen-bond donors (Lipinski definition) is 2. The summed E-state index contributed by atoms with van der Waals surface area (Å²) in [5.41, 5.74) is 0. The largest absolute Gasteiger partial charge is 0.507 e. The number of aromatic hydroxyl groups is 1. The molecule has 4 nitrogen and oxygen atoms in total. The molecule has 2 N–H and O–H groups in total. The second-order valence-electron chi connectivity index (χ2n) is 4.20. The van der Waals surface area contributed by atoms with Crippen molar-refractivity contribution in [2.75, 3.05) is 18.9 Å². The van der Waals surface area contributed by atoms with E-state index in [9.17, 15) is 9.90 Å². The Morgan fingerprint density at radius 2 is 2.33 bits per heavy atom. The SMILES string of the molecule is O=C(CSc1ccccc1O)NCC1CCCO1. The fourth-order valence-corrected chi connectivity index (χ4v) is 2.59. The number of benzene rings is 1. The highest BCUT2D eigenvalue weighted by Gasteiger charge is 2.16. The van der Waals surface area contributed by atoms with Crippen molar-refractivity contribution in [3.63, 3.8) is 0 Å². The van der Waals surface area contributed by atoms with Crippen LogP contribution in [-0.2, 0) is 9.53 Å². The molecule has 1 unspecified atom stereocenters. The first-order valence-corrected chi connectivity index (χ1v) is 7.03. The molecule has 1 fully saturated rings. The molecule has 1 aliphatic rings. The number of thioether (sulfide) groups is 1. The molecular formula is C13H17NO3S. The van der Waals surface area contributed by atoms with Gasteiger partial charge in [0.1, 0.15) is 5.75 Å². The number of rotatable bonds is 5. The van der Waals surface area contributed by atoms with E-state index in [1.54, 1.807) is 18.2 Å². The Morgan fingerprint density at radius 1 is 1.50 bits per heavy atom. The third kappa shape index (κ3) is 3.92. The molecule has 98 valence electrons. The lowest BCUT2D eigenvalue weighted by atomic mass is 10.2. The van der Waals surface area contributed by atoms with Crippen LogP contribution in [0.2, 0.25) is 0 Å². The number of carbonyl (C=O) groups excluding carboxylic acids is 1. The number of para-hydroxylation sites is 1. The topological polar surface area (TPSA) is 58.6 Å². The summed E-state index contributed by atoms with van der Waals surface area (Å²) in [7, 11) is 0. The Bertz CT molecular complexity index is 405. The van der Waals surface area contributed by atoms with E-state index in [1.807, 2.05) is 6.07 Å². The summed E-state index contributed by atoms with van der Waals surface area (Å²) >= 11 is 1.33. The van der Waals surface area contributed by atoms with Crippen molar-refractivity contribution in [3.05, 3.63) is 24.3 Å². The van der Waals surface area contributed by atoms with Gasteiger partial charge in [-0.3, -0.25) is 4.79 Å². The molecule has 1 heterocycles. The smallest absolute Gasteiger partial charge is 0.230 e. The van der Waals surface area contributed by atoms with E-state index in [0.29, 0.717) is 12.3 Å². The number of amides is 1. The highest BCUT2D eigenvalue weighted by molar-refractivity contribution is 8.00. The summed E-state index contributed by atoms with van der Waals surface area (Å²) < 4.78 is 5.42. The van der Waals surface area contributed by atoms with Crippen LogP contribution in [0, 0.1) is 0 Å². The summed E-state index contributed by atoms with van der Waals surface area (Å²) in [6, 6.07) is 7.02. The standard InChI is InChI=1S/C13H17NO3S/c15-11-5-1-2-6-12(11)18-9-13(16)14-8-10-4-3-7-17-10/h1-2,5-6,10,15H,3-4,7-9H2,(H,14,16). The van der Waals surface area contributed by atoms with E-state index in [-0.39, 0.29) is 17.8 Å². The molecule has 0 bridgehead atoms. The van der Waals surface area contributed by atoms with Gasteiger partial charge >= 0.3 is 0 Å². The van der Waals surface area contributed by atoms with Gasteiger partial charge < -0.3 is 15.2 Å². The van der Waals surface area contributed by atoms with E-state index >= 15 is 0 Å². The first kappa shape index (κ1) is 13.2. The summed E-state index contributed by atoms with van der Waals surface area (Å²) in [5.74, 6) is 0.498. The van der Waals surface area contributed by atoms with Crippen LogP contribution >= 0.6 is 11.8 Å². The number of phenols is 1. The zero-order chi connectivity index (χ0) is 12.8. The molecule has 0 spiro atoms. The van der Waals surface area contributed by atoms with E-state index in [2.05, 4.69) is 5.32 Å². The zero-order valence-electron chi connectivity index (χ0n) is 10.1. The summed E-state index contributed by atoms with van der Waals surface area (Å²) in [4.78, 5) is 12.3. The van der Waals surface area contributed by atoms with Crippen LogP contribution in [0.5, 0.6) is 5.75 Å². The molecule has 1 atom stereocenters. The molecule has 18 heavy (non-hydrogen) atoms. The second-order valence-corrected chi connectivity index (χ2v) is 5.21. The molecule has 0 radical (unpaired) electrons.